The standard InChI is InChI=1S/C20H19N3O2S2/c1-12-10-15(13(2)23(12)20-21-8-9-26-20)16-11-27-19(22-16)14-6-5-7-17(24-3)18(14)25-4/h5-11H,1-4H3. The molecule has 0 saturated heterocycles. The van der Waals surface area contributed by atoms with Crippen molar-refractivity contribution < 1.29 is 9.47 Å². The van der Waals surface area contributed by atoms with Crippen LogP contribution in [0.25, 0.3) is 27.0 Å². The Morgan fingerprint density at radius 2 is 1.89 bits per heavy atom. The average Bonchev–Trinajstić information content (AvgIpc) is 3.41. The fourth-order valence-corrected chi connectivity index (χ4v) is 4.81. The molecule has 27 heavy (non-hydrogen) atoms. The molecule has 138 valence electrons. The van der Waals surface area contributed by atoms with Gasteiger partial charge in [-0.05, 0) is 32.0 Å². The van der Waals surface area contributed by atoms with Crippen molar-refractivity contribution in [3.63, 3.8) is 0 Å². The van der Waals surface area contributed by atoms with Crippen molar-refractivity contribution in [2.75, 3.05) is 14.2 Å². The molecule has 3 heterocycles. The molecule has 4 rings (SSSR count). The minimum atomic E-state index is 0.702. The summed E-state index contributed by atoms with van der Waals surface area (Å²) in [5, 5.41) is 5.95. The lowest BCUT2D eigenvalue weighted by atomic mass is 10.1. The van der Waals surface area contributed by atoms with E-state index < -0.39 is 0 Å². The first kappa shape index (κ1) is 17.8. The van der Waals surface area contributed by atoms with Crippen LogP contribution in [-0.2, 0) is 0 Å². The average molecular weight is 398 g/mol. The fraction of sp³-hybridized carbons (Fsp3) is 0.200. The SMILES string of the molecule is COc1cccc(-c2nc(-c3cc(C)n(-c4nccs4)c3C)cs2)c1OC. The number of nitrogens with zero attached hydrogens (tertiary/aromatic N) is 3. The Morgan fingerprint density at radius 3 is 2.59 bits per heavy atom. The zero-order valence-electron chi connectivity index (χ0n) is 15.5. The number of aryl methyl sites for hydroxylation is 1. The van der Waals surface area contributed by atoms with Gasteiger partial charge in [0.25, 0.3) is 0 Å². The molecule has 0 saturated carbocycles. The number of benzene rings is 1. The van der Waals surface area contributed by atoms with Crippen molar-refractivity contribution in [1.29, 1.82) is 0 Å². The molecule has 0 radical (unpaired) electrons. The molecular weight excluding hydrogens is 378 g/mol. The van der Waals surface area contributed by atoms with E-state index in [-0.39, 0.29) is 0 Å². The van der Waals surface area contributed by atoms with Crippen LogP contribution in [0.15, 0.2) is 41.2 Å². The van der Waals surface area contributed by atoms with E-state index in [0.717, 1.165) is 38.3 Å². The van der Waals surface area contributed by atoms with Crippen molar-refractivity contribution in [3.05, 3.63) is 52.6 Å². The van der Waals surface area contributed by atoms with E-state index in [4.69, 9.17) is 14.5 Å². The van der Waals surface area contributed by atoms with Crippen molar-refractivity contribution in [1.82, 2.24) is 14.5 Å². The first-order valence-electron chi connectivity index (χ1n) is 8.40. The summed E-state index contributed by atoms with van der Waals surface area (Å²) in [7, 11) is 3.29. The number of thiazole rings is 2. The summed E-state index contributed by atoms with van der Waals surface area (Å²) < 4.78 is 13.1. The zero-order chi connectivity index (χ0) is 19.0. The van der Waals surface area contributed by atoms with Gasteiger partial charge in [0.2, 0.25) is 0 Å². The summed E-state index contributed by atoms with van der Waals surface area (Å²) in [6, 6.07) is 8.01. The maximum Gasteiger partial charge on any atom is 0.193 e. The topological polar surface area (TPSA) is 49.2 Å². The van der Waals surface area contributed by atoms with E-state index in [1.54, 1.807) is 36.9 Å². The van der Waals surface area contributed by atoms with Gasteiger partial charge in [0.1, 0.15) is 5.01 Å². The van der Waals surface area contributed by atoms with Gasteiger partial charge in [-0.15, -0.1) is 22.7 Å². The molecule has 0 unspecified atom stereocenters. The lowest BCUT2D eigenvalue weighted by Crippen LogP contribution is -1.98. The molecule has 0 amide bonds. The van der Waals surface area contributed by atoms with E-state index in [2.05, 4.69) is 34.8 Å². The van der Waals surface area contributed by atoms with Crippen LogP contribution in [0.4, 0.5) is 0 Å². The summed E-state index contributed by atoms with van der Waals surface area (Å²) in [4.78, 5) is 9.33. The molecule has 5 nitrogen and oxygen atoms in total. The number of hydrogen-bond acceptors (Lipinski definition) is 6. The lowest BCUT2D eigenvalue weighted by molar-refractivity contribution is 0.356. The number of methoxy groups -OCH3 is 2. The first-order valence-corrected chi connectivity index (χ1v) is 10.2. The number of hydrogen-bond donors (Lipinski definition) is 0. The van der Waals surface area contributed by atoms with E-state index in [1.165, 1.54) is 0 Å². The molecule has 3 aromatic heterocycles. The third kappa shape index (κ3) is 3.02. The molecule has 1 aromatic carbocycles. The molecule has 0 bridgehead atoms. The predicted molar refractivity (Wildman–Crippen MR) is 111 cm³/mol. The van der Waals surface area contributed by atoms with E-state index >= 15 is 0 Å². The number of rotatable bonds is 5. The Morgan fingerprint density at radius 1 is 1.04 bits per heavy atom. The number of ether oxygens (including phenoxy) is 2. The number of para-hydroxylation sites is 1. The van der Waals surface area contributed by atoms with Crippen LogP contribution in [0, 0.1) is 13.8 Å². The van der Waals surface area contributed by atoms with Gasteiger partial charge in [-0.3, -0.25) is 4.57 Å². The predicted octanol–water partition coefficient (Wildman–Crippen LogP) is 5.36. The molecule has 0 aliphatic carbocycles. The highest BCUT2D eigenvalue weighted by Gasteiger charge is 2.18. The highest BCUT2D eigenvalue weighted by Crippen LogP contribution is 2.40. The van der Waals surface area contributed by atoms with Gasteiger partial charge in [0, 0.05) is 33.9 Å². The smallest absolute Gasteiger partial charge is 0.193 e. The van der Waals surface area contributed by atoms with Gasteiger partial charge in [-0.25, -0.2) is 9.97 Å². The van der Waals surface area contributed by atoms with Crippen molar-refractivity contribution in [3.8, 4) is 38.5 Å². The Bertz CT molecular complexity index is 1080. The second-order valence-electron chi connectivity index (χ2n) is 6.01. The molecular formula is C20H19N3O2S2. The first-order chi connectivity index (χ1) is 13.1. The van der Waals surface area contributed by atoms with Gasteiger partial charge in [0.15, 0.2) is 16.6 Å². The summed E-state index contributed by atoms with van der Waals surface area (Å²) in [6.45, 7) is 4.20. The van der Waals surface area contributed by atoms with Crippen LogP contribution in [0.1, 0.15) is 11.4 Å². The summed E-state index contributed by atoms with van der Waals surface area (Å²) in [5.41, 5.74) is 5.28. The van der Waals surface area contributed by atoms with Crippen LogP contribution in [0.5, 0.6) is 11.5 Å². The molecule has 0 fully saturated rings. The molecule has 0 N–H and O–H groups in total. The summed E-state index contributed by atoms with van der Waals surface area (Å²) in [5.74, 6) is 1.41. The Kier molecular flexibility index (Phi) is 4.72. The quantitative estimate of drug-likeness (QED) is 0.455. The summed E-state index contributed by atoms with van der Waals surface area (Å²) in [6.07, 6.45) is 1.83. The van der Waals surface area contributed by atoms with Crippen LogP contribution >= 0.6 is 22.7 Å². The number of aromatic nitrogens is 3. The minimum absolute atomic E-state index is 0.702. The largest absolute Gasteiger partial charge is 0.493 e. The lowest BCUT2D eigenvalue weighted by Gasteiger charge is -2.10. The third-order valence-corrected chi connectivity index (χ3v) is 6.09. The second kappa shape index (κ2) is 7.17. The highest BCUT2D eigenvalue weighted by molar-refractivity contribution is 7.13. The summed E-state index contributed by atoms with van der Waals surface area (Å²) >= 11 is 3.23. The van der Waals surface area contributed by atoms with Crippen LogP contribution in [0.3, 0.4) is 0 Å². The van der Waals surface area contributed by atoms with E-state index in [1.807, 2.05) is 29.8 Å². The van der Waals surface area contributed by atoms with Crippen LogP contribution < -0.4 is 9.47 Å². The van der Waals surface area contributed by atoms with E-state index in [0.29, 0.717) is 11.5 Å². The van der Waals surface area contributed by atoms with Gasteiger partial charge < -0.3 is 9.47 Å². The third-order valence-electron chi connectivity index (χ3n) is 4.46. The normalized spacial score (nSPS) is 11.0. The Hall–Kier alpha value is -2.64. The Balaban J connectivity index is 1.78. The van der Waals surface area contributed by atoms with Crippen molar-refractivity contribution in [2.24, 2.45) is 0 Å². The van der Waals surface area contributed by atoms with Gasteiger partial charge >= 0.3 is 0 Å². The molecule has 0 spiro atoms. The molecule has 0 aliphatic heterocycles. The van der Waals surface area contributed by atoms with Crippen molar-refractivity contribution >= 4 is 22.7 Å². The van der Waals surface area contributed by atoms with Crippen molar-refractivity contribution in [2.45, 2.75) is 13.8 Å². The molecule has 7 heteroatoms. The Labute approximate surface area is 165 Å². The monoisotopic (exact) mass is 397 g/mol. The van der Waals surface area contributed by atoms with Crippen LogP contribution in [-0.4, -0.2) is 28.8 Å². The molecule has 4 aromatic rings. The van der Waals surface area contributed by atoms with Gasteiger partial charge in [-0.1, -0.05) is 6.07 Å². The molecule has 0 aliphatic rings. The molecule has 0 atom stereocenters. The van der Waals surface area contributed by atoms with Gasteiger partial charge in [0.05, 0.1) is 25.5 Å². The fourth-order valence-electron chi connectivity index (χ4n) is 3.22. The van der Waals surface area contributed by atoms with E-state index in [9.17, 15) is 0 Å². The zero-order valence-corrected chi connectivity index (χ0v) is 17.1. The maximum absolute atomic E-state index is 5.56. The minimum Gasteiger partial charge on any atom is -0.493 e. The maximum atomic E-state index is 5.56. The second-order valence-corrected chi connectivity index (χ2v) is 7.74. The van der Waals surface area contributed by atoms with Crippen LogP contribution in [0.2, 0.25) is 0 Å². The van der Waals surface area contributed by atoms with Gasteiger partial charge in [-0.2, -0.15) is 0 Å². The highest BCUT2D eigenvalue weighted by atomic mass is 32.1.